The van der Waals surface area contributed by atoms with Crippen molar-refractivity contribution in [2.24, 2.45) is 0 Å². The second-order valence-corrected chi connectivity index (χ2v) is 6.66. The van der Waals surface area contributed by atoms with Gasteiger partial charge in [0.15, 0.2) is 5.82 Å². The van der Waals surface area contributed by atoms with E-state index in [1.807, 2.05) is 0 Å². The van der Waals surface area contributed by atoms with Gasteiger partial charge in [-0.3, -0.25) is 4.68 Å². The van der Waals surface area contributed by atoms with Crippen molar-refractivity contribution in [1.82, 2.24) is 20.1 Å². The molecule has 0 aromatic carbocycles. The molecular weight excluding hydrogens is 268 g/mol. The highest BCUT2D eigenvalue weighted by Gasteiger charge is 2.07. The monoisotopic (exact) mass is 290 g/mol. The van der Waals surface area contributed by atoms with Crippen LogP contribution in [0.4, 0.5) is 0 Å². The van der Waals surface area contributed by atoms with Gasteiger partial charge in [-0.1, -0.05) is 6.92 Å². The summed E-state index contributed by atoms with van der Waals surface area (Å²) in [6.45, 7) is 4.22. The Balaban J connectivity index is 2.27. The zero-order valence-corrected chi connectivity index (χ0v) is 12.3. The van der Waals surface area contributed by atoms with Crippen molar-refractivity contribution in [1.29, 1.82) is 0 Å². The minimum absolute atomic E-state index is 0.193. The van der Waals surface area contributed by atoms with E-state index >= 15 is 0 Å². The molecule has 0 unspecified atom stereocenters. The van der Waals surface area contributed by atoms with Crippen molar-refractivity contribution >= 4 is 9.84 Å². The number of aryl methyl sites for hydroxylation is 1. The van der Waals surface area contributed by atoms with Gasteiger partial charge in [0.25, 0.3) is 0 Å². The van der Waals surface area contributed by atoms with Gasteiger partial charge in [0.05, 0.1) is 18.9 Å². The summed E-state index contributed by atoms with van der Waals surface area (Å²) in [7, 11) is -1.24. The van der Waals surface area contributed by atoms with Crippen molar-refractivity contribution < 1.29 is 13.2 Å². The Labute approximate surface area is 114 Å². The molecule has 1 aromatic rings. The molecule has 0 spiro atoms. The Morgan fingerprint density at radius 1 is 1.47 bits per heavy atom. The van der Waals surface area contributed by atoms with Crippen LogP contribution in [0.5, 0.6) is 0 Å². The van der Waals surface area contributed by atoms with Gasteiger partial charge in [0.2, 0.25) is 0 Å². The second-order valence-electron chi connectivity index (χ2n) is 4.18. The minimum atomic E-state index is -2.89. The van der Waals surface area contributed by atoms with Crippen LogP contribution < -0.4 is 5.32 Å². The van der Waals surface area contributed by atoms with E-state index in [0.717, 1.165) is 6.54 Å². The lowest BCUT2D eigenvalue weighted by molar-refractivity contribution is 0.199. The molecule has 0 saturated heterocycles. The number of ether oxygens (including phenoxy) is 1. The first-order chi connectivity index (χ1) is 9.07. The largest absolute Gasteiger partial charge is 0.383 e. The highest BCUT2D eigenvalue weighted by atomic mass is 32.2. The number of hydrogen-bond donors (Lipinski definition) is 1. The Bertz CT molecular complexity index is 458. The normalized spacial score (nSPS) is 11.9. The Morgan fingerprint density at radius 3 is 2.95 bits per heavy atom. The molecule has 0 radical (unpaired) electrons. The van der Waals surface area contributed by atoms with Gasteiger partial charge in [-0.05, 0) is 6.42 Å². The number of sulfone groups is 1. The molecule has 0 atom stereocenters. The second kappa shape index (κ2) is 8.23. The molecule has 0 fully saturated rings. The third-order valence-corrected chi connectivity index (χ3v) is 4.42. The van der Waals surface area contributed by atoms with Crippen LogP contribution in [0.1, 0.15) is 19.2 Å². The van der Waals surface area contributed by atoms with Crippen LogP contribution in [0.25, 0.3) is 0 Å². The maximum Gasteiger partial charge on any atom is 0.164 e. The summed E-state index contributed by atoms with van der Waals surface area (Å²) in [5.74, 6) is 1.10. The van der Waals surface area contributed by atoms with E-state index in [1.54, 1.807) is 25.0 Å². The lowest BCUT2D eigenvalue weighted by Crippen LogP contribution is -2.19. The van der Waals surface area contributed by atoms with E-state index in [2.05, 4.69) is 15.4 Å². The molecular formula is C11H22N4O3S. The number of nitrogens with zero attached hydrogens (tertiary/aromatic N) is 3. The van der Waals surface area contributed by atoms with Crippen LogP contribution in [0.15, 0.2) is 6.33 Å². The van der Waals surface area contributed by atoms with Crippen LogP contribution in [-0.4, -0.2) is 54.9 Å². The lowest BCUT2D eigenvalue weighted by atomic mass is 10.5. The van der Waals surface area contributed by atoms with Crippen molar-refractivity contribution in [2.45, 2.75) is 26.4 Å². The fraction of sp³-hybridized carbons (Fsp3) is 0.818. The molecule has 19 heavy (non-hydrogen) atoms. The first kappa shape index (κ1) is 16.1. The molecule has 1 heterocycles. The molecule has 0 bridgehead atoms. The average molecular weight is 290 g/mol. The summed E-state index contributed by atoms with van der Waals surface area (Å²) >= 11 is 0. The molecule has 8 heteroatoms. The summed E-state index contributed by atoms with van der Waals surface area (Å²) in [6.07, 6.45) is 2.20. The Morgan fingerprint density at radius 2 is 2.26 bits per heavy atom. The van der Waals surface area contributed by atoms with Gasteiger partial charge < -0.3 is 10.1 Å². The molecule has 1 rings (SSSR count). The molecule has 0 aliphatic heterocycles. The van der Waals surface area contributed by atoms with E-state index in [0.29, 0.717) is 31.9 Å². The van der Waals surface area contributed by atoms with Crippen molar-refractivity contribution in [3.8, 4) is 0 Å². The summed E-state index contributed by atoms with van der Waals surface area (Å²) in [5, 5.41) is 7.41. The van der Waals surface area contributed by atoms with Crippen molar-refractivity contribution in [3.63, 3.8) is 0 Å². The van der Waals surface area contributed by atoms with E-state index in [-0.39, 0.29) is 11.5 Å². The van der Waals surface area contributed by atoms with Crippen LogP contribution in [-0.2, 0) is 27.7 Å². The van der Waals surface area contributed by atoms with Gasteiger partial charge >= 0.3 is 0 Å². The molecule has 0 saturated carbocycles. The molecule has 0 aliphatic carbocycles. The van der Waals surface area contributed by atoms with Crippen LogP contribution in [0.2, 0.25) is 0 Å². The van der Waals surface area contributed by atoms with Gasteiger partial charge in [0, 0.05) is 26.0 Å². The minimum Gasteiger partial charge on any atom is -0.383 e. The first-order valence-electron chi connectivity index (χ1n) is 6.36. The third kappa shape index (κ3) is 6.65. The SMILES string of the molecule is CCS(=O)(=O)CCCn1cnc(CNCCOC)n1. The van der Waals surface area contributed by atoms with Gasteiger partial charge in [-0.25, -0.2) is 13.4 Å². The van der Waals surface area contributed by atoms with Crippen LogP contribution in [0, 0.1) is 0 Å². The van der Waals surface area contributed by atoms with Gasteiger partial charge in [-0.2, -0.15) is 5.10 Å². The standard InChI is InChI=1S/C11H22N4O3S/c1-3-19(16,17)8-4-6-15-10-13-11(14-15)9-12-5-7-18-2/h10,12H,3-9H2,1-2H3. The summed E-state index contributed by atoms with van der Waals surface area (Å²) in [4.78, 5) is 4.15. The van der Waals surface area contributed by atoms with Gasteiger partial charge in [0.1, 0.15) is 16.2 Å². The average Bonchev–Trinajstić information content (AvgIpc) is 2.82. The summed E-state index contributed by atoms with van der Waals surface area (Å²) in [6, 6.07) is 0. The highest BCUT2D eigenvalue weighted by molar-refractivity contribution is 7.91. The molecule has 0 amide bonds. The van der Waals surface area contributed by atoms with E-state index in [4.69, 9.17) is 4.74 Å². The fourth-order valence-corrected chi connectivity index (χ4v) is 2.34. The Kier molecular flexibility index (Phi) is 6.96. The number of methoxy groups -OCH3 is 1. The first-order valence-corrected chi connectivity index (χ1v) is 8.18. The maximum atomic E-state index is 11.3. The quantitative estimate of drug-likeness (QED) is 0.603. The lowest BCUT2D eigenvalue weighted by Gasteiger charge is -2.02. The maximum absolute atomic E-state index is 11.3. The van der Waals surface area contributed by atoms with Crippen LogP contribution in [0.3, 0.4) is 0 Å². The zero-order valence-electron chi connectivity index (χ0n) is 11.5. The fourth-order valence-electron chi connectivity index (χ4n) is 1.49. The number of aromatic nitrogens is 3. The molecule has 7 nitrogen and oxygen atoms in total. The predicted molar refractivity (Wildman–Crippen MR) is 72.5 cm³/mol. The smallest absolute Gasteiger partial charge is 0.164 e. The molecule has 110 valence electrons. The summed E-state index contributed by atoms with van der Waals surface area (Å²) in [5.41, 5.74) is 0. The van der Waals surface area contributed by atoms with E-state index < -0.39 is 9.84 Å². The predicted octanol–water partition coefficient (Wildman–Crippen LogP) is -0.161. The van der Waals surface area contributed by atoms with Crippen molar-refractivity contribution in [2.75, 3.05) is 31.8 Å². The van der Waals surface area contributed by atoms with Crippen molar-refractivity contribution in [3.05, 3.63) is 12.2 Å². The van der Waals surface area contributed by atoms with Gasteiger partial charge in [-0.15, -0.1) is 0 Å². The number of hydrogen-bond acceptors (Lipinski definition) is 6. The molecule has 1 aromatic heterocycles. The Hall–Kier alpha value is -0.990. The van der Waals surface area contributed by atoms with Crippen LogP contribution >= 0.6 is 0 Å². The molecule has 0 aliphatic rings. The zero-order chi connectivity index (χ0) is 14.1. The van der Waals surface area contributed by atoms with E-state index in [9.17, 15) is 8.42 Å². The topological polar surface area (TPSA) is 86.1 Å². The number of rotatable bonds is 10. The third-order valence-electron chi connectivity index (χ3n) is 2.63. The summed E-state index contributed by atoms with van der Waals surface area (Å²) < 4.78 is 29.3. The highest BCUT2D eigenvalue weighted by Crippen LogP contribution is 1.97. The molecule has 1 N–H and O–H groups in total. The van der Waals surface area contributed by atoms with E-state index in [1.165, 1.54) is 0 Å². The number of nitrogens with one attached hydrogen (secondary N) is 1.